The molecule has 24 heavy (non-hydrogen) atoms. The molecule has 0 spiro atoms. The van der Waals surface area contributed by atoms with Gasteiger partial charge in [0.05, 0.1) is 6.20 Å². The van der Waals surface area contributed by atoms with E-state index in [1.54, 1.807) is 6.20 Å². The molecule has 6 nitrogen and oxygen atoms in total. The molecule has 0 radical (unpaired) electrons. The molecule has 1 fully saturated rings. The molecule has 1 aliphatic rings. The van der Waals surface area contributed by atoms with Gasteiger partial charge in [0.1, 0.15) is 0 Å². The summed E-state index contributed by atoms with van der Waals surface area (Å²) >= 11 is 0. The third-order valence-electron chi connectivity index (χ3n) is 4.55. The van der Waals surface area contributed by atoms with E-state index in [1.165, 1.54) is 5.56 Å². The second-order valence-corrected chi connectivity index (χ2v) is 6.12. The first-order valence-electron chi connectivity index (χ1n) is 8.72. The van der Waals surface area contributed by atoms with Crippen LogP contribution in [0.4, 0.5) is 17.5 Å². The molecule has 128 valence electrons. The lowest BCUT2D eigenvalue weighted by Crippen LogP contribution is -2.46. The van der Waals surface area contributed by atoms with E-state index in [-0.39, 0.29) is 0 Å². The minimum atomic E-state index is 0.665. The quantitative estimate of drug-likeness (QED) is 0.841. The van der Waals surface area contributed by atoms with Crippen LogP contribution < -0.4 is 9.80 Å². The summed E-state index contributed by atoms with van der Waals surface area (Å²) in [5.74, 6) is 1.58. The maximum absolute atomic E-state index is 4.78. The predicted molar refractivity (Wildman–Crippen MR) is 98.0 cm³/mol. The standard InChI is InChI=1S/C18H26N6/c1-4-22-9-11-23(12-10-22)17-14-19-21-18(20-17)24(5-2)16-8-6-7-15(3)13-16/h6-8,13-14H,4-5,9-12H2,1-3H3. The molecule has 1 aromatic heterocycles. The van der Waals surface area contributed by atoms with Crippen molar-refractivity contribution < 1.29 is 0 Å². The van der Waals surface area contributed by atoms with Gasteiger partial charge in [0.25, 0.3) is 5.95 Å². The van der Waals surface area contributed by atoms with Gasteiger partial charge in [-0.3, -0.25) is 0 Å². The molecule has 1 saturated heterocycles. The van der Waals surface area contributed by atoms with Crippen LogP contribution in [0.25, 0.3) is 0 Å². The van der Waals surface area contributed by atoms with Gasteiger partial charge in [-0.15, -0.1) is 5.10 Å². The van der Waals surface area contributed by atoms with Gasteiger partial charge in [0.15, 0.2) is 5.82 Å². The SMILES string of the molecule is CCN1CCN(c2cnnc(N(CC)c3cccc(C)c3)n2)CC1. The van der Waals surface area contributed by atoms with E-state index in [0.29, 0.717) is 5.95 Å². The third kappa shape index (κ3) is 3.64. The highest BCUT2D eigenvalue weighted by atomic mass is 15.4. The van der Waals surface area contributed by atoms with Crippen molar-refractivity contribution in [3.05, 3.63) is 36.0 Å². The molecule has 6 heteroatoms. The van der Waals surface area contributed by atoms with Gasteiger partial charge < -0.3 is 14.7 Å². The molecule has 2 aromatic rings. The Balaban J connectivity index is 1.81. The van der Waals surface area contributed by atoms with Crippen LogP contribution in [-0.4, -0.2) is 59.3 Å². The number of aromatic nitrogens is 3. The lowest BCUT2D eigenvalue weighted by molar-refractivity contribution is 0.270. The second-order valence-electron chi connectivity index (χ2n) is 6.12. The summed E-state index contributed by atoms with van der Waals surface area (Å²) < 4.78 is 0. The largest absolute Gasteiger partial charge is 0.353 e. The minimum absolute atomic E-state index is 0.665. The summed E-state index contributed by atoms with van der Waals surface area (Å²) in [5, 5.41) is 8.48. The average Bonchev–Trinajstić information content (AvgIpc) is 2.63. The second kappa shape index (κ2) is 7.57. The van der Waals surface area contributed by atoms with Crippen molar-refractivity contribution >= 4 is 17.5 Å². The highest BCUT2D eigenvalue weighted by Crippen LogP contribution is 2.24. The highest BCUT2D eigenvalue weighted by Gasteiger charge is 2.19. The van der Waals surface area contributed by atoms with E-state index in [1.807, 2.05) is 0 Å². The summed E-state index contributed by atoms with van der Waals surface area (Å²) in [7, 11) is 0. The number of anilines is 3. The number of rotatable bonds is 5. The van der Waals surface area contributed by atoms with E-state index < -0.39 is 0 Å². The number of hydrogen-bond acceptors (Lipinski definition) is 6. The van der Waals surface area contributed by atoms with Crippen molar-refractivity contribution in [2.24, 2.45) is 0 Å². The lowest BCUT2D eigenvalue weighted by Gasteiger charge is -2.34. The Labute approximate surface area is 144 Å². The molecule has 0 saturated carbocycles. The van der Waals surface area contributed by atoms with Crippen LogP contribution in [-0.2, 0) is 0 Å². The maximum atomic E-state index is 4.78. The van der Waals surface area contributed by atoms with Gasteiger partial charge in [0, 0.05) is 38.4 Å². The minimum Gasteiger partial charge on any atom is -0.353 e. The normalized spacial score (nSPS) is 15.5. The van der Waals surface area contributed by atoms with E-state index >= 15 is 0 Å². The number of aryl methyl sites for hydroxylation is 1. The van der Waals surface area contributed by atoms with E-state index in [2.05, 4.69) is 69.9 Å². The van der Waals surface area contributed by atoms with Gasteiger partial charge in [-0.25, -0.2) is 0 Å². The summed E-state index contributed by atoms with van der Waals surface area (Å²) in [6.07, 6.45) is 1.77. The van der Waals surface area contributed by atoms with Gasteiger partial charge in [0.2, 0.25) is 0 Å². The summed E-state index contributed by atoms with van der Waals surface area (Å²) in [5.41, 5.74) is 2.33. The Morgan fingerprint density at radius 3 is 2.58 bits per heavy atom. The van der Waals surface area contributed by atoms with Crippen molar-refractivity contribution in [3.8, 4) is 0 Å². The predicted octanol–water partition coefficient (Wildman–Crippen LogP) is 2.48. The molecular formula is C18H26N6. The molecule has 0 N–H and O–H groups in total. The van der Waals surface area contributed by atoms with Crippen LogP contribution in [0.3, 0.4) is 0 Å². The van der Waals surface area contributed by atoms with Crippen LogP contribution in [0.2, 0.25) is 0 Å². The molecule has 0 aliphatic carbocycles. The van der Waals surface area contributed by atoms with Crippen LogP contribution in [0.5, 0.6) is 0 Å². The number of likely N-dealkylation sites (N-methyl/N-ethyl adjacent to an activating group) is 1. The fraction of sp³-hybridized carbons (Fsp3) is 0.500. The number of hydrogen-bond donors (Lipinski definition) is 0. The Kier molecular flexibility index (Phi) is 5.25. The molecule has 0 atom stereocenters. The average molecular weight is 326 g/mol. The lowest BCUT2D eigenvalue weighted by atomic mass is 10.2. The monoisotopic (exact) mass is 326 g/mol. The molecule has 2 heterocycles. The van der Waals surface area contributed by atoms with Crippen molar-refractivity contribution in [3.63, 3.8) is 0 Å². The van der Waals surface area contributed by atoms with Crippen molar-refractivity contribution in [2.75, 3.05) is 49.1 Å². The van der Waals surface area contributed by atoms with Crippen LogP contribution in [0, 0.1) is 6.92 Å². The van der Waals surface area contributed by atoms with Gasteiger partial charge >= 0.3 is 0 Å². The molecule has 3 rings (SSSR count). The van der Waals surface area contributed by atoms with Crippen LogP contribution >= 0.6 is 0 Å². The van der Waals surface area contributed by atoms with Crippen molar-refractivity contribution in [1.82, 2.24) is 20.1 Å². The number of benzene rings is 1. The topological polar surface area (TPSA) is 48.4 Å². The number of nitrogens with zero attached hydrogens (tertiary/aromatic N) is 6. The van der Waals surface area contributed by atoms with E-state index in [4.69, 9.17) is 4.98 Å². The first kappa shape index (κ1) is 16.6. The summed E-state index contributed by atoms with van der Waals surface area (Å²) in [6, 6.07) is 8.40. The summed E-state index contributed by atoms with van der Waals surface area (Å²) in [6.45, 7) is 12.5. The van der Waals surface area contributed by atoms with Crippen molar-refractivity contribution in [2.45, 2.75) is 20.8 Å². The third-order valence-corrected chi connectivity index (χ3v) is 4.55. The Bertz CT molecular complexity index is 666. The molecule has 1 aliphatic heterocycles. The summed E-state index contributed by atoms with van der Waals surface area (Å²) in [4.78, 5) is 11.6. The van der Waals surface area contributed by atoms with Crippen LogP contribution in [0.1, 0.15) is 19.4 Å². The van der Waals surface area contributed by atoms with Crippen molar-refractivity contribution in [1.29, 1.82) is 0 Å². The Morgan fingerprint density at radius 2 is 1.92 bits per heavy atom. The zero-order valence-electron chi connectivity index (χ0n) is 14.8. The molecule has 1 aromatic carbocycles. The first-order valence-corrected chi connectivity index (χ1v) is 8.72. The molecule has 0 amide bonds. The van der Waals surface area contributed by atoms with Gasteiger partial charge in [-0.2, -0.15) is 10.1 Å². The Hall–Kier alpha value is -2.21. The molecule has 0 unspecified atom stereocenters. The van der Waals surface area contributed by atoms with E-state index in [0.717, 1.165) is 50.8 Å². The maximum Gasteiger partial charge on any atom is 0.251 e. The fourth-order valence-electron chi connectivity index (χ4n) is 3.08. The zero-order chi connectivity index (χ0) is 16.9. The fourth-order valence-corrected chi connectivity index (χ4v) is 3.08. The first-order chi connectivity index (χ1) is 11.7. The molecule has 0 bridgehead atoms. The van der Waals surface area contributed by atoms with Crippen LogP contribution in [0.15, 0.2) is 30.5 Å². The van der Waals surface area contributed by atoms with Gasteiger partial charge in [-0.05, 0) is 38.1 Å². The zero-order valence-corrected chi connectivity index (χ0v) is 14.8. The Morgan fingerprint density at radius 1 is 1.12 bits per heavy atom. The van der Waals surface area contributed by atoms with Gasteiger partial charge in [-0.1, -0.05) is 19.1 Å². The molecular weight excluding hydrogens is 300 g/mol. The highest BCUT2D eigenvalue weighted by molar-refractivity contribution is 5.58. The number of piperazine rings is 1. The van der Waals surface area contributed by atoms with E-state index in [9.17, 15) is 0 Å². The smallest absolute Gasteiger partial charge is 0.251 e.